The van der Waals surface area contributed by atoms with Gasteiger partial charge in [0.1, 0.15) is 28.2 Å². The number of ether oxygens (including phenoxy) is 4. The SMILES string of the molecule is CC(C)(C)OC(=O)N1CC(C(=O)O)C(c2cccc(Cl)c2)C1.CC(C)(C)OC(=O)N1CC(C(N)=O)C(c2cccc(Cl)c2)C1.CC(C)(C)OC(=O)N1CC(C(N)=S)C(c2cccc(Cl)c2)C1.CC(C)(C)OC(=O)N1CC(c2cccc(Cl)c2)C(c2nc(C3CC3)cs2)C1.Cl.Clc1cccc(C2CNCC2c2nc(C3CC3)cs2)c1.N.O=C(CBr)C1CC1.O=C(O)O.[W].[W].[W].[W].[W].[W].[W].[W].[W].[W].[W].[W].[W].[W].[W].[W].[W].[W].[W].[W].[W]. The zero-order valence-electron chi connectivity index (χ0n) is 81.5. The number of hydrogen-bond donors (Lipinski definition) is 7. The van der Waals surface area contributed by atoms with E-state index in [4.69, 9.17) is 126 Å². The molecule has 0 spiro atoms. The van der Waals surface area contributed by atoms with Gasteiger partial charge in [-0.2, -0.15) is 0 Å². The van der Waals surface area contributed by atoms with E-state index < -0.39 is 64.5 Å². The molecule has 11 N–H and O–H groups in total. The van der Waals surface area contributed by atoms with Crippen molar-refractivity contribution in [1.29, 1.82) is 0 Å². The number of alkyl halides is 1. The number of carboxylic acid groups (broad SMARTS) is 3. The average Bonchev–Trinajstić information content (AvgIpc) is 1.61. The van der Waals surface area contributed by atoms with Crippen molar-refractivity contribution in [3.8, 4) is 0 Å². The molecule has 0 radical (unpaired) electrons. The normalized spacial score (nSPS) is 18.6. The summed E-state index contributed by atoms with van der Waals surface area (Å²) in [6.07, 6.45) is 4.06. The van der Waals surface area contributed by atoms with E-state index in [-0.39, 0.29) is 522 Å². The number of ketones is 1. The number of Topliss-reactive ketones (excluding diaryl/α,β-unsaturated/α-hetero) is 1. The van der Waals surface area contributed by atoms with Crippen LogP contribution in [0.5, 0.6) is 0 Å². The summed E-state index contributed by atoms with van der Waals surface area (Å²) < 4.78 is 21.7. The van der Waals surface area contributed by atoms with Gasteiger partial charge in [0, 0.05) is 609 Å². The number of nitrogens with one attached hydrogen (secondary N) is 1. The Labute approximate surface area is 1220 Å². The largest absolute Gasteiger partial charge is 0.503 e. The summed E-state index contributed by atoms with van der Waals surface area (Å²) in [7, 11) is 0. The van der Waals surface area contributed by atoms with Crippen molar-refractivity contribution in [3.05, 3.63) is 206 Å². The minimum Gasteiger partial charge on any atom is -0.481 e. The molecule has 8 fully saturated rings. The van der Waals surface area contributed by atoms with Gasteiger partial charge in [-0.1, -0.05) is 147 Å². The monoisotopic (exact) mass is 5840 g/mol. The number of aromatic nitrogens is 2. The third-order valence-electron chi connectivity index (χ3n) is 21.4. The molecule has 147 heavy (non-hydrogen) atoms. The fraction of sp³-hybridized carbons (Fsp3) is 0.505. The first-order valence-electron chi connectivity index (χ1n) is 41.3. The summed E-state index contributed by atoms with van der Waals surface area (Å²) in [5, 5.41) is 37.7. The van der Waals surface area contributed by atoms with Crippen LogP contribution >= 0.6 is 121 Å². The number of nitrogens with two attached hydrogens (primary N) is 2. The molecule has 5 saturated heterocycles. The number of nitrogens with zero attached hydrogens (tertiary/aromatic N) is 6. The molecule has 0 bridgehead atoms. The van der Waals surface area contributed by atoms with E-state index in [2.05, 4.69) is 50.2 Å². The predicted octanol–water partition coefficient (Wildman–Crippen LogP) is 21.8. The van der Waals surface area contributed by atoms with Crippen molar-refractivity contribution >= 4 is 174 Å². The summed E-state index contributed by atoms with van der Waals surface area (Å²) in [4.78, 5) is 108. The molecule has 2 aromatic heterocycles. The maximum Gasteiger partial charge on any atom is 0.503 e. The van der Waals surface area contributed by atoms with Gasteiger partial charge in [0.25, 0.3) is 0 Å². The maximum atomic E-state index is 12.7. The number of thiocarbonyl (C=S) groups is 1. The Hall–Kier alpha value is 6.80. The number of thiazole rings is 2. The molecule has 10 unspecified atom stereocenters. The number of likely N-dealkylation sites (tertiary alicyclic amines) is 4. The first-order valence-corrected chi connectivity index (χ1v) is 46.5. The first kappa shape index (κ1) is 186. The van der Waals surface area contributed by atoms with Gasteiger partial charge < -0.3 is 76.8 Å². The Balaban J connectivity index is -0.000000107. The number of carboxylic acids is 1. The van der Waals surface area contributed by atoms with Gasteiger partial charge in [0.2, 0.25) is 5.91 Å². The van der Waals surface area contributed by atoms with Crippen LogP contribution in [0.3, 0.4) is 0 Å². The van der Waals surface area contributed by atoms with Gasteiger partial charge in [0.05, 0.1) is 43.6 Å². The maximum absolute atomic E-state index is 12.7. The number of halogens is 7. The predicted molar refractivity (Wildman–Crippen MR) is 507 cm³/mol. The van der Waals surface area contributed by atoms with Gasteiger partial charge >= 0.3 is 36.5 Å². The van der Waals surface area contributed by atoms with Crippen molar-refractivity contribution in [1.82, 2.24) is 41.0 Å². The van der Waals surface area contributed by atoms with Crippen molar-refractivity contribution in [2.24, 2.45) is 35.1 Å². The number of hydrogen-bond acceptors (Lipinski definition) is 19. The molecular weight excluding hydrogens is 5720 g/mol. The van der Waals surface area contributed by atoms with E-state index in [1.54, 1.807) is 88.1 Å². The van der Waals surface area contributed by atoms with Gasteiger partial charge in [-0.3, -0.25) is 14.4 Å². The number of benzene rings is 5. The second-order valence-electron chi connectivity index (χ2n) is 36.1. The van der Waals surface area contributed by atoms with Crippen LogP contribution in [0.15, 0.2) is 132 Å². The van der Waals surface area contributed by atoms with Crippen LogP contribution in [-0.4, -0.2) is 191 Å². The van der Waals surface area contributed by atoms with Crippen LogP contribution < -0.4 is 22.9 Å². The van der Waals surface area contributed by atoms with Crippen LogP contribution in [0.2, 0.25) is 25.1 Å². The Morgan fingerprint density at radius 1 is 0.388 bits per heavy atom. The molecule has 56 heteroatoms. The fourth-order valence-corrected chi connectivity index (χ4v) is 18.9. The molecule has 15 rings (SSSR count). The molecule has 5 aliphatic heterocycles. The summed E-state index contributed by atoms with van der Waals surface area (Å²) in [5.74, 6) is 0.614. The molecule has 5 aromatic carbocycles. The minimum absolute atomic E-state index is 0. The molecular formula is C91H117BrCl6N10O15S3W21. The van der Waals surface area contributed by atoms with E-state index >= 15 is 0 Å². The summed E-state index contributed by atoms with van der Waals surface area (Å²) in [5.41, 5.74) is 17.0. The summed E-state index contributed by atoms with van der Waals surface area (Å²) in [6.45, 7) is 27.4. The van der Waals surface area contributed by atoms with Crippen LogP contribution in [0.1, 0.15) is 224 Å². The second-order valence-corrected chi connectivity index (χ2v) is 41.1. The average molecular weight is 5840 g/mol. The van der Waals surface area contributed by atoms with Gasteiger partial charge in [-0.05, 0) is 210 Å². The zero-order chi connectivity index (χ0) is 91.0. The van der Waals surface area contributed by atoms with Gasteiger partial charge in [-0.25, -0.2) is 33.9 Å². The zero-order valence-corrected chi connectivity index (χ0v) is 152. The number of primary amides is 1. The van der Waals surface area contributed by atoms with Gasteiger partial charge in [-0.15, -0.1) is 35.1 Å². The number of carbonyl (C=O) groups excluding carboxylic acids is 6. The molecule has 3 saturated carbocycles. The minimum atomic E-state index is -1.83. The van der Waals surface area contributed by atoms with Crippen molar-refractivity contribution in [2.75, 3.05) is 70.8 Å². The topological polar surface area (TPSA) is 372 Å². The van der Waals surface area contributed by atoms with Crippen molar-refractivity contribution in [2.45, 2.75) is 197 Å². The summed E-state index contributed by atoms with van der Waals surface area (Å²) >= 11 is 42.3. The van der Waals surface area contributed by atoms with E-state index in [0.29, 0.717) is 94.1 Å². The first-order chi connectivity index (χ1) is 58.2. The summed E-state index contributed by atoms with van der Waals surface area (Å²) in [6, 6.07) is 38.2. The van der Waals surface area contributed by atoms with E-state index in [1.807, 2.05) is 131 Å². The number of amides is 5. The van der Waals surface area contributed by atoms with E-state index in [9.17, 15) is 38.7 Å². The van der Waals surface area contributed by atoms with Crippen LogP contribution in [0, 0.1) is 23.7 Å². The number of carbonyl (C=O) groups is 8. The van der Waals surface area contributed by atoms with Gasteiger partial charge in [0.15, 0.2) is 0 Å². The van der Waals surface area contributed by atoms with E-state index in [1.165, 1.54) is 57.4 Å². The molecule has 3 aliphatic carbocycles. The third kappa shape index (κ3) is 64.7. The molecule has 10 atom stereocenters. The molecule has 814 valence electrons. The number of aliphatic carboxylic acids is 1. The molecule has 25 nitrogen and oxygen atoms in total. The molecule has 8 aliphatic rings. The Morgan fingerprint density at radius 3 is 0.891 bits per heavy atom. The second kappa shape index (κ2) is 89.1. The molecule has 7 heterocycles. The standard InChI is InChI=1S/C21H25ClN2O2S.C16H21ClN2O3.C16H21ClN2O2S.C16H17ClN2S.C16H20ClNO4.C5H7BrO.CH2O3.ClH.H3N.21W/c1-21(2,3)26-20(25)24-10-16(14-5-4-6-15(22)9-14)17(11-24)19-23-18(12-27-19)13-7-8-13;1-16(2,3)22-15(21)19-8-12(13(9-19)14(18)20)10-5-4-6-11(17)7-10;1-16(2,3)21-15(20)19-8-12(13(9-19)14(18)22)10-5-4-6-11(17)7-10;17-12-3-1-2-11(6-12)13-7-18-8-14(13)16-19-15(9-20-16)10-4-5-10;1-16(2,3)22-15(21)18-8-12(13(9-18)14(19)20)10-5-4-6-11(17)7-10;6-3-5(7)4-1-2-4;2-1(3)4;;;;;;;;;;;;;;;;;;;;;;;/h4-6,9,12-13,16-17H,7-8,10-11H2,1-3H3;4-7,12-13H,8-9H2,1-3H3,(H2,18,20);4-7,12-13H,8-9H2,1-3H3,(H2,18,22);1-3,6,9-10,13-14,18H,4-5,7-8H2;4-7,12-13H,8-9H2,1-3H3,(H,19,20);4H,1-3H2;(H2,2,3,4);1H;1H3;;;;;;;;;;;;;;;;;;;;;. The Kier molecular flexibility index (Phi) is 113. The third-order valence-corrected chi connectivity index (χ3v) is 25.4. The Morgan fingerprint density at radius 2 is 0.633 bits per heavy atom. The quantitative estimate of drug-likeness (QED) is 0.0302. The van der Waals surface area contributed by atoms with Crippen molar-refractivity contribution in [3.63, 3.8) is 0 Å². The molecule has 5 amide bonds. The molecule has 7 aromatic rings. The van der Waals surface area contributed by atoms with E-state index in [0.717, 1.165) is 69.2 Å². The Bertz CT molecular complexity index is 4720. The fourth-order valence-electron chi connectivity index (χ4n) is 15.1. The number of rotatable bonds is 14. The van der Waals surface area contributed by atoms with Crippen LogP contribution in [0.4, 0.5) is 24.0 Å². The van der Waals surface area contributed by atoms with Crippen LogP contribution in [-0.2, 0) is 476 Å². The van der Waals surface area contributed by atoms with Crippen LogP contribution in [0.25, 0.3) is 0 Å². The van der Waals surface area contributed by atoms with Crippen molar-refractivity contribution < 1.29 is 515 Å². The smallest absolute Gasteiger partial charge is 0.481 e.